The number of carbonyl (C=O) groups is 2. The topological polar surface area (TPSA) is 213 Å². The number of allylic oxidation sites excluding steroid dienone is 2. The maximum Gasteiger partial charge on any atom is 0.335 e. The van der Waals surface area contributed by atoms with E-state index in [-0.39, 0.29) is 40.1 Å². The number of aliphatic carboxylic acids is 2. The quantitative estimate of drug-likeness (QED) is 0.152. The van der Waals surface area contributed by atoms with Crippen LogP contribution in [0.3, 0.4) is 0 Å². The van der Waals surface area contributed by atoms with Gasteiger partial charge >= 0.3 is 11.9 Å². The summed E-state index contributed by atoms with van der Waals surface area (Å²) in [7, 11) is 0. The number of hydrogen-bond acceptors (Lipinski definition) is 11. The van der Waals surface area contributed by atoms with Gasteiger partial charge in [0.05, 0.1) is 18.1 Å². The van der Waals surface area contributed by atoms with Crippen LogP contribution in [0.2, 0.25) is 0 Å². The Bertz CT molecular complexity index is 1510. The van der Waals surface area contributed by atoms with E-state index in [0.717, 1.165) is 51.4 Å². The molecule has 2 unspecified atom stereocenters. The van der Waals surface area contributed by atoms with Crippen molar-refractivity contribution in [3.05, 3.63) is 11.6 Å². The second-order valence-electron chi connectivity index (χ2n) is 20.3. The number of hydrogen-bond donors (Lipinski definition) is 7. The van der Waals surface area contributed by atoms with Crippen molar-refractivity contribution >= 4 is 11.9 Å². The van der Waals surface area contributed by atoms with Crippen molar-refractivity contribution in [2.75, 3.05) is 6.61 Å². The van der Waals surface area contributed by atoms with Crippen LogP contribution in [0.25, 0.3) is 0 Å². The zero-order chi connectivity index (χ0) is 39.6. The number of aliphatic hydroxyl groups is 5. The highest BCUT2D eigenvalue weighted by molar-refractivity contribution is 5.76. The molecule has 0 spiro atoms. The molecule has 0 aromatic heterocycles. The van der Waals surface area contributed by atoms with Gasteiger partial charge in [0.1, 0.15) is 36.6 Å². The largest absolute Gasteiger partial charge is 0.481 e. The van der Waals surface area contributed by atoms with E-state index in [1.54, 1.807) is 0 Å². The third kappa shape index (κ3) is 5.88. The molecule has 0 bridgehead atoms. The molecule has 0 aromatic carbocycles. The second kappa shape index (κ2) is 13.4. The van der Waals surface area contributed by atoms with Crippen LogP contribution in [0, 0.1) is 50.2 Å². The molecule has 6 fully saturated rings. The first kappa shape index (κ1) is 40.5. The molecule has 17 atom stereocenters. The standard InChI is InChI=1S/C41H64O13/c1-36(2)14-16-41(35(49)50)17-15-39(6)20(21(41)18-36)8-9-24-38(5)12-11-25(37(3,4)23(38)10-13-40(24,39)7)52-34-29(46)30(28(45)31(54-34)32(47)48)53-33-27(44)26(43)22(42)19-51-33/h8,21-31,33-34,42-46H,9-19H2,1-7H3,(H,47,48)(H,49,50)/t21-,22-,23?,24?,25-,26+,27-,28+,29-,30+,31+,33+,34-,38+,39-,40-,41+/m1/s1. The molecule has 13 nitrogen and oxygen atoms in total. The Morgan fingerprint density at radius 1 is 0.759 bits per heavy atom. The minimum Gasteiger partial charge on any atom is -0.481 e. The monoisotopic (exact) mass is 764 g/mol. The predicted octanol–water partition coefficient (Wildman–Crippen LogP) is 3.61. The van der Waals surface area contributed by atoms with E-state index in [4.69, 9.17) is 18.9 Å². The average molecular weight is 765 g/mol. The molecule has 5 aliphatic carbocycles. The number of carboxylic acid groups (broad SMARTS) is 2. The van der Waals surface area contributed by atoms with Gasteiger partial charge in [-0.25, -0.2) is 4.79 Å². The smallest absolute Gasteiger partial charge is 0.335 e. The summed E-state index contributed by atoms with van der Waals surface area (Å²) < 4.78 is 23.3. The van der Waals surface area contributed by atoms with Gasteiger partial charge in [-0.15, -0.1) is 0 Å². The molecule has 7 N–H and O–H groups in total. The molecular formula is C41H64O13. The zero-order valence-electron chi connectivity index (χ0n) is 32.9. The first-order valence-corrected chi connectivity index (χ1v) is 20.2. The molecule has 7 aliphatic rings. The highest BCUT2D eigenvalue weighted by Crippen LogP contribution is 2.76. The summed E-state index contributed by atoms with van der Waals surface area (Å²) in [6.07, 6.45) is -4.35. The molecule has 2 saturated heterocycles. The van der Waals surface area contributed by atoms with Crippen molar-refractivity contribution in [1.82, 2.24) is 0 Å². The molecule has 306 valence electrons. The Morgan fingerprint density at radius 2 is 1.44 bits per heavy atom. The lowest BCUT2D eigenvalue weighted by Crippen LogP contribution is -2.66. The molecule has 0 radical (unpaired) electrons. The lowest BCUT2D eigenvalue weighted by molar-refractivity contribution is -0.357. The summed E-state index contributed by atoms with van der Waals surface area (Å²) >= 11 is 0. The van der Waals surface area contributed by atoms with Crippen LogP contribution in [0.5, 0.6) is 0 Å². The molecular weight excluding hydrogens is 700 g/mol. The van der Waals surface area contributed by atoms with Gasteiger partial charge in [-0.05, 0) is 109 Å². The van der Waals surface area contributed by atoms with Gasteiger partial charge in [0.15, 0.2) is 18.7 Å². The van der Waals surface area contributed by atoms with Gasteiger partial charge in [-0.1, -0.05) is 60.1 Å². The highest BCUT2D eigenvalue weighted by Gasteiger charge is 2.69. The Morgan fingerprint density at radius 3 is 2.11 bits per heavy atom. The Balaban J connectivity index is 1.13. The van der Waals surface area contributed by atoms with Gasteiger partial charge in [0.25, 0.3) is 0 Å². The summed E-state index contributed by atoms with van der Waals surface area (Å²) in [4.78, 5) is 25.3. The van der Waals surface area contributed by atoms with Crippen LogP contribution in [-0.2, 0) is 28.5 Å². The van der Waals surface area contributed by atoms with E-state index < -0.39 is 84.2 Å². The second-order valence-corrected chi connectivity index (χ2v) is 20.3. The van der Waals surface area contributed by atoms with Gasteiger partial charge in [-0.3, -0.25) is 4.79 Å². The van der Waals surface area contributed by atoms with Crippen molar-refractivity contribution in [2.24, 2.45) is 50.2 Å². The molecule has 7 rings (SSSR count). The Labute approximate surface area is 318 Å². The van der Waals surface area contributed by atoms with E-state index in [2.05, 4.69) is 54.5 Å². The molecule has 54 heavy (non-hydrogen) atoms. The van der Waals surface area contributed by atoms with Crippen molar-refractivity contribution in [3.8, 4) is 0 Å². The number of fused-ring (bicyclic) bond motifs is 7. The lowest BCUT2D eigenvalue weighted by atomic mass is 9.33. The van der Waals surface area contributed by atoms with E-state index >= 15 is 0 Å². The van der Waals surface area contributed by atoms with Gasteiger partial charge < -0.3 is 54.7 Å². The SMILES string of the molecule is CC1(C)CC[C@]2(C(=O)O)CC[C@]3(C)C(=CCC4[C@@]5(C)CC[C@@H](O[C@@H]6O[C@H](C(=O)O)[C@@H](O)[C@H](O[C@@H]7OC[C@@H](O)[C@H](O)[C@H]7O)[C@H]6O)C(C)(C)C5CC[C@]43C)[C@H]2C1. The summed E-state index contributed by atoms with van der Waals surface area (Å²) in [6.45, 7) is 15.9. The summed E-state index contributed by atoms with van der Waals surface area (Å²) in [6, 6.07) is 0. The number of carboxylic acids is 2. The third-order valence-corrected chi connectivity index (χ3v) is 16.8. The predicted molar refractivity (Wildman–Crippen MR) is 192 cm³/mol. The van der Waals surface area contributed by atoms with Crippen molar-refractivity contribution < 1.29 is 64.3 Å². The highest BCUT2D eigenvalue weighted by atomic mass is 16.7. The fraction of sp³-hybridized carbons (Fsp3) is 0.902. The number of rotatable bonds is 6. The molecule has 2 aliphatic heterocycles. The van der Waals surface area contributed by atoms with Crippen LogP contribution in [0.4, 0.5) is 0 Å². The van der Waals surface area contributed by atoms with Gasteiger partial charge in [0.2, 0.25) is 0 Å². The van der Waals surface area contributed by atoms with E-state index in [0.29, 0.717) is 18.8 Å². The fourth-order valence-electron chi connectivity index (χ4n) is 13.4. The summed E-state index contributed by atoms with van der Waals surface area (Å²) in [5.74, 6) is -1.53. The maximum absolute atomic E-state index is 13.0. The van der Waals surface area contributed by atoms with E-state index in [9.17, 15) is 45.3 Å². The molecule has 13 heteroatoms. The molecule has 4 saturated carbocycles. The molecule has 0 amide bonds. The molecule has 0 aromatic rings. The summed E-state index contributed by atoms with van der Waals surface area (Å²) in [5.41, 5.74) is 0.110. The minimum absolute atomic E-state index is 0.0359. The average Bonchev–Trinajstić information content (AvgIpc) is 3.08. The lowest BCUT2D eigenvalue weighted by Gasteiger charge is -2.71. The summed E-state index contributed by atoms with van der Waals surface area (Å²) in [5, 5.41) is 73.6. The first-order valence-electron chi connectivity index (χ1n) is 20.2. The molecule has 2 heterocycles. The Kier molecular flexibility index (Phi) is 10.1. The first-order chi connectivity index (χ1) is 25.0. The van der Waals surface area contributed by atoms with Crippen molar-refractivity contribution in [2.45, 2.75) is 174 Å². The maximum atomic E-state index is 13.0. The number of aliphatic hydroxyl groups excluding tert-OH is 5. The normalized spacial score (nSPS) is 52.4. The zero-order valence-corrected chi connectivity index (χ0v) is 32.9. The Hall–Kier alpha value is -1.68. The minimum atomic E-state index is -1.86. The van der Waals surface area contributed by atoms with Crippen LogP contribution in [-0.4, -0.2) is 116 Å². The van der Waals surface area contributed by atoms with Crippen LogP contribution in [0.1, 0.15) is 113 Å². The van der Waals surface area contributed by atoms with Crippen LogP contribution in [0.15, 0.2) is 11.6 Å². The van der Waals surface area contributed by atoms with Gasteiger partial charge in [-0.2, -0.15) is 0 Å². The fourth-order valence-corrected chi connectivity index (χ4v) is 13.4. The van der Waals surface area contributed by atoms with Crippen LogP contribution < -0.4 is 0 Å². The third-order valence-electron chi connectivity index (χ3n) is 16.8. The van der Waals surface area contributed by atoms with E-state index in [1.807, 2.05) is 0 Å². The van der Waals surface area contributed by atoms with Crippen molar-refractivity contribution in [1.29, 1.82) is 0 Å². The van der Waals surface area contributed by atoms with Crippen molar-refractivity contribution in [3.63, 3.8) is 0 Å². The van der Waals surface area contributed by atoms with E-state index in [1.165, 1.54) is 5.57 Å². The van der Waals surface area contributed by atoms with Gasteiger partial charge in [0, 0.05) is 0 Å². The number of ether oxygens (including phenoxy) is 4. The van der Waals surface area contributed by atoms with Crippen LogP contribution >= 0.6 is 0 Å².